The molecule has 0 fully saturated rings. The van der Waals surface area contributed by atoms with Crippen molar-refractivity contribution in [3.05, 3.63) is 70.8 Å². The summed E-state index contributed by atoms with van der Waals surface area (Å²) >= 11 is 0. The summed E-state index contributed by atoms with van der Waals surface area (Å²) in [6.45, 7) is 3.37. The third-order valence-corrected chi connectivity index (χ3v) is 4.10. The maximum absolute atomic E-state index is 13.7. The van der Waals surface area contributed by atoms with Crippen LogP contribution in [0.25, 0.3) is 0 Å². The van der Waals surface area contributed by atoms with Crippen LogP contribution in [-0.4, -0.2) is 44.0 Å². The standard InChI is InChI=1S/C21H26F2N4O/c1-4-24-21(25-13-12-17-18(22)6-5-7-19(17)23)26-14-15-8-10-16(11-9-15)20(28)27(2)3/h5-11H,4,12-14H2,1-3H3,(H2,24,25,26). The summed E-state index contributed by atoms with van der Waals surface area (Å²) in [7, 11) is 3.42. The number of amides is 1. The predicted molar refractivity (Wildman–Crippen MR) is 107 cm³/mol. The first kappa shape index (κ1) is 21.3. The number of carbonyl (C=O) groups excluding carboxylic acids is 1. The molecule has 1 amide bonds. The van der Waals surface area contributed by atoms with E-state index in [0.29, 0.717) is 31.2 Å². The van der Waals surface area contributed by atoms with Gasteiger partial charge in [-0.15, -0.1) is 0 Å². The lowest BCUT2D eigenvalue weighted by atomic mass is 10.1. The Morgan fingerprint density at radius 2 is 1.68 bits per heavy atom. The number of hydrogen-bond acceptors (Lipinski definition) is 2. The maximum atomic E-state index is 13.7. The average Bonchev–Trinajstić information content (AvgIpc) is 2.68. The number of halogens is 2. The third kappa shape index (κ3) is 6.04. The van der Waals surface area contributed by atoms with E-state index in [1.807, 2.05) is 19.1 Å². The lowest BCUT2D eigenvalue weighted by Gasteiger charge is -2.12. The van der Waals surface area contributed by atoms with E-state index in [1.54, 1.807) is 26.2 Å². The minimum Gasteiger partial charge on any atom is -0.357 e. The van der Waals surface area contributed by atoms with E-state index in [9.17, 15) is 13.6 Å². The highest BCUT2D eigenvalue weighted by Crippen LogP contribution is 2.12. The second-order valence-electron chi connectivity index (χ2n) is 6.47. The van der Waals surface area contributed by atoms with Gasteiger partial charge >= 0.3 is 0 Å². The van der Waals surface area contributed by atoms with Crippen LogP contribution < -0.4 is 10.6 Å². The highest BCUT2D eigenvalue weighted by atomic mass is 19.1. The second kappa shape index (κ2) is 10.4. The van der Waals surface area contributed by atoms with Crippen LogP contribution in [0.1, 0.15) is 28.4 Å². The van der Waals surface area contributed by atoms with Crippen LogP contribution in [0.2, 0.25) is 0 Å². The summed E-state index contributed by atoms with van der Waals surface area (Å²) in [5.41, 5.74) is 1.63. The lowest BCUT2D eigenvalue weighted by Crippen LogP contribution is -2.38. The van der Waals surface area contributed by atoms with Gasteiger partial charge in [-0.25, -0.2) is 13.8 Å². The Morgan fingerprint density at radius 3 is 2.25 bits per heavy atom. The largest absolute Gasteiger partial charge is 0.357 e. The van der Waals surface area contributed by atoms with Gasteiger partial charge < -0.3 is 15.5 Å². The van der Waals surface area contributed by atoms with Gasteiger partial charge in [-0.3, -0.25) is 4.79 Å². The van der Waals surface area contributed by atoms with E-state index in [1.165, 1.54) is 23.1 Å². The van der Waals surface area contributed by atoms with Crippen molar-refractivity contribution in [3.63, 3.8) is 0 Å². The minimum absolute atomic E-state index is 0.0505. The number of rotatable bonds is 7. The van der Waals surface area contributed by atoms with E-state index in [0.717, 1.165) is 5.56 Å². The molecule has 0 aliphatic rings. The van der Waals surface area contributed by atoms with Crippen molar-refractivity contribution in [1.82, 2.24) is 15.5 Å². The Kier molecular flexibility index (Phi) is 7.92. The number of guanidine groups is 1. The number of benzene rings is 2. The quantitative estimate of drug-likeness (QED) is 0.566. The third-order valence-electron chi connectivity index (χ3n) is 4.10. The molecule has 2 N–H and O–H groups in total. The molecule has 7 heteroatoms. The van der Waals surface area contributed by atoms with Gasteiger partial charge in [-0.1, -0.05) is 18.2 Å². The lowest BCUT2D eigenvalue weighted by molar-refractivity contribution is 0.0827. The molecule has 0 atom stereocenters. The van der Waals surface area contributed by atoms with Crippen LogP contribution in [-0.2, 0) is 13.0 Å². The van der Waals surface area contributed by atoms with Gasteiger partial charge in [-0.05, 0) is 43.2 Å². The van der Waals surface area contributed by atoms with Gasteiger partial charge in [0.2, 0.25) is 0 Å². The zero-order valence-corrected chi connectivity index (χ0v) is 16.4. The molecule has 0 aliphatic heterocycles. The molecule has 2 aromatic carbocycles. The molecule has 0 bridgehead atoms. The number of hydrogen-bond donors (Lipinski definition) is 2. The molecule has 28 heavy (non-hydrogen) atoms. The number of nitrogens with one attached hydrogen (secondary N) is 2. The van der Waals surface area contributed by atoms with E-state index >= 15 is 0 Å². The van der Waals surface area contributed by atoms with Gasteiger partial charge in [0.1, 0.15) is 11.6 Å². The summed E-state index contributed by atoms with van der Waals surface area (Å²) in [6.07, 6.45) is 0.213. The summed E-state index contributed by atoms with van der Waals surface area (Å²) in [5.74, 6) is -0.578. The van der Waals surface area contributed by atoms with E-state index in [-0.39, 0.29) is 17.9 Å². The Labute approximate surface area is 164 Å². The highest BCUT2D eigenvalue weighted by Gasteiger charge is 2.09. The highest BCUT2D eigenvalue weighted by molar-refractivity contribution is 5.93. The Morgan fingerprint density at radius 1 is 1.04 bits per heavy atom. The van der Waals surface area contributed by atoms with Gasteiger partial charge in [0, 0.05) is 38.3 Å². The molecule has 2 rings (SSSR count). The zero-order chi connectivity index (χ0) is 20.5. The van der Waals surface area contributed by atoms with Crippen LogP contribution in [0.3, 0.4) is 0 Å². The van der Waals surface area contributed by atoms with Crippen LogP contribution >= 0.6 is 0 Å². The first-order valence-corrected chi connectivity index (χ1v) is 9.18. The van der Waals surface area contributed by atoms with Crippen LogP contribution in [0.4, 0.5) is 8.78 Å². The van der Waals surface area contributed by atoms with Crippen LogP contribution in [0.15, 0.2) is 47.5 Å². The van der Waals surface area contributed by atoms with Crippen LogP contribution in [0, 0.1) is 11.6 Å². The van der Waals surface area contributed by atoms with Gasteiger partial charge in [0.25, 0.3) is 5.91 Å². The van der Waals surface area contributed by atoms with Crippen molar-refractivity contribution < 1.29 is 13.6 Å². The van der Waals surface area contributed by atoms with Crippen molar-refractivity contribution in [3.8, 4) is 0 Å². The smallest absolute Gasteiger partial charge is 0.253 e. The molecule has 0 saturated carbocycles. The summed E-state index contributed by atoms with van der Waals surface area (Å²) < 4.78 is 27.4. The van der Waals surface area contributed by atoms with Gasteiger partial charge in [0.05, 0.1) is 6.54 Å². The zero-order valence-electron chi connectivity index (χ0n) is 16.4. The maximum Gasteiger partial charge on any atom is 0.253 e. The Balaban J connectivity index is 1.95. The molecular formula is C21H26F2N4O. The molecule has 0 heterocycles. The normalized spacial score (nSPS) is 11.2. The molecule has 0 aliphatic carbocycles. The monoisotopic (exact) mass is 388 g/mol. The molecule has 0 unspecified atom stereocenters. The Hall–Kier alpha value is -2.96. The van der Waals surface area contributed by atoms with Crippen molar-refractivity contribution in [2.45, 2.75) is 19.9 Å². The average molecular weight is 388 g/mol. The van der Waals surface area contributed by atoms with E-state index in [4.69, 9.17) is 0 Å². The van der Waals surface area contributed by atoms with Crippen molar-refractivity contribution in [2.24, 2.45) is 4.99 Å². The van der Waals surface area contributed by atoms with Crippen molar-refractivity contribution >= 4 is 11.9 Å². The fourth-order valence-electron chi connectivity index (χ4n) is 2.60. The number of carbonyl (C=O) groups is 1. The van der Waals surface area contributed by atoms with Crippen molar-refractivity contribution in [1.29, 1.82) is 0 Å². The fourth-order valence-corrected chi connectivity index (χ4v) is 2.60. The topological polar surface area (TPSA) is 56.7 Å². The van der Waals surface area contributed by atoms with Crippen molar-refractivity contribution in [2.75, 3.05) is 27.2 Å². The molecular weight excluding hydrogens is 362 g/mol. The van der Waals surface area contributed by atoms with Gasteiger partial charge in [-0.2, -0.15) is 0 Å². The molecule has 0 aromatic heterocycles. The molecule has 150 valence electrons. The summed E-state index contributed by atoms with van der Waals surface area (Å²) in [5, 5.41) is 6.19. The fraction of sp³-hybridized carbons (Fsp3) is 0.333. The molecule has 2 aromatic rings. The SMILES string of the molecule is CCNC(=NCc1ccc(C(=O)N(C)C)cc1)NCCc1c(F)cccc1F. The molecule has 0 radical (unpaired) electrons. The summed E-state index contributed by atoms with van der Waals surface area (Å²) in [6, 6.07) is 11.1. The van der Waals surface area contributed by atoms with E-state index < -0.39 is 11.6 Å². The first-order chi connectivity index (χ1) is 13.4. The molecule has 0 saturated heterocycles. The molecule has 0 spiro atoms. The summed E-state index contributed by atoms with van der Waals surface area (Å²) in [4.78, 5) is 17.9. The van der Waals surface area contributed by atoms with Gasteiger partial charge in [0.15, 0.2) is 5.96 Å². The first-order valence-electron chi connectivity index (χ1n) is 9.18. The molecule has 5 nitrogen and oxygen atoms in total. The minimum atomic E-state index is -0.545. The van der Waals surface area contributed by atoms with Crippen LogP contribution in [0.5, 0.6) is 0 Å². The number of aliphatic imine (C=N–C) groups is 1. The predicted octanol–water partition coefficient (Wildman–Crippen LogP) is 2.96. The number of nitrogens with zero attached hydrogens (tertiary/aromatic N) is 2. The second-order valence-corrected chi connectivity index (χ2v) is 6.47. The Bertz CT molecular complexity index is 799. The van der Waals surface area contributed by atoms with E-state index in [2.05, 4.69) is 15.6 Å².